The van der Waals surface area contributed by atoms with Gasteiger partial charge in [-0.05, 0) is 24.6 Å². The second-order valence-electron chi connectivity index (χ2n) is 5.19. The number of amides is 1. The van der Waals surface area contributed by atoms with Gasteiger partial charge in [-0.1, -0.05) is 0 Å². The van der Waals surface area contributed by atoms with Crippen LogP contribution in [0.4, 0.5) is 5.69 Å². The fraction of sp³-hybridized carbons (Fsp3) is 0.286. The van der Waals surface area contributed by atoms with E-state index in [0.717, 1.165) is 11.0 Å². The Kier molecular flexibility index (Phi) is 4.21. The number of carboxylic acids is 3. The van der Waals surface area contributed by atoms with E-state index >= 15 is 0 Å². The number of rotatable bonds is 4. The molecule has 0 radical (unpaired) electrons. The lowest BCUT2D eigenvalue weighted by Gasteiger charge is -2.22. The first-order chi connectivity index (χ1) is 10.7. The molecule has 1 aromatic rings. The summed E-state index contributed by atoms with van der Waals surface area (Å²) in [5.41, 5.74) is 5.04. The number of hydrogen-bond donors (Lipinski definition) is 4. The van der Waals surface area contributed by atoms with E-state index in [1.807, 2.05) is 0 Å². The second-order valence-corrected chi connectivity index (χ2v) is 5.19. The molecular formula is C14H14N2O7. The van der Waals surface area contributed by atoms with Crippen LogP contribution in [-0.4, -0.2) is 56.6 Å². The lowest BCUT2D eigenvalue weighted by atomic mass is 10.0. The maximum absolute atomic E-state index is 12.5. The van der Waals surface area contributed by atoms with Crippen LogP contribution in [0.1, 0.15) is 27.1 Å². The number of nitrogens with two attached hydrogens (primary N) is 1. The van der Waals surface area contributed by atoms with Gasteiger partial charge in [0.25, 0.3) is 5.91 Å². The highest BCUT2D eigenvalue weighted by molar-refractivity contribution is 6.06. The first kappa shape index (κ1) is 16.3. The lowest BCUT2D eigenvalue weighted by Crippen LogP contribution is -2.41. The van der Waals surface area contributed by atoms with E-state index in [4.69, 9.17) is 15.9 Å². The number of nitrogen functional groups attached to an aromatic ring is 1. The third-order valence-corrected chi connectivity index (χ3v) is 3.70. The van der Waals surface area contributed by atoms with E-state index in [1.54, 1.807) is 0 Å². The Balaban J connectivity index is 2.41. The SMILES string of the molecule is Nc1ccc(C(=O)N2CC(C(=O)O)CC2C(=O)O)c(C(=O)O)c1. The first-order valence-corrected chi connectivity index (χ1v) is 6.61. The number of carbonyl (C=O) groups excluding carboxylic acids is 1. The third-order valence-electron chi connectivity index (χ3n) is 3.70. The van der Waals surface area contributed by atoms with Crippen molar-refractivity contribution in [3.05, 3.63) is 29.3 Å². The van der Waals surface area contributed by atoms with Crippen LogP contribution < -0.4 is 5.73 Å². The van der Waals surface area contributed by atoms with Gasteiger partial charge in [0, 0.05) is 12.2 Å². The van der Waals surface area contributed by atoms with Gasteiger partial charge in [0.2, 0.25) is 0 Å². The summed E-state index contributed by atoms with van der Waals surface area (Å²) < 4.78 is 0. The summed E-state index contributed by atoms with van der Waals surface area (Å²) in [7, 11) is 0. The zero-order valence-electron chi connectivity index (χ0n) is 11.8. The molecule has 0 bridgehead atoms. The maximum atomic E-state index is 12.5. The molecule has 1 aromatic carbocycles. The summed E-state index contributed by atoms with van der Waals surface area (Å²) in [6.07, 6.45) is -0.228. The van der Waals surface area contributed by atoms with Crippen LogP contribution in [0.3, 0.4) is 0 Å². The molecule has 1 aliphatic heterocycles. The zero-order chi connectivity index (χ0) is 17.3. The molecule has 5 N–H and O–H groups in total. The molecule has 1 saturated heterocycles. The molecule has 2 unspecified atom stereocenters. The van der Waals surface area contributed by atoms with Crippen molar-refractivity contribution in [2.45, 2.75) is 12.5 Å². The highest BCUT2D eigenvalue weighted by Gasteiger charge is 2.43. The van der Waals surface area contributed by atoms with Gasteiger partial charge in [0.1, 0.15) is 6.04 Å². The summed E-state index contributed by atoms with van der Waals surface area (Å²) in [6.45, 7) is -0.297. The molecule has 1 aliphatic rings. The molecular weight excluding hydrogens is 308 g/mol. The van der Waals surface area contributed by atoms with Crippen LogP contribution in [0.15, 0.2) is 18.2 Å². The molecule has 0 aromatic heterocycles. The number of aliphatic carboxylic acids is 2. The van der Waals surface area contributed by atoms with E-state index in [9.17, 15) is 24.3 Å². The van der Waals surface area contributed by atoms with E-state index < -0.39 is 35.8 Å². The number of benzene rings is 1. The Bertz CT molecular complexity index is 700. The van der Waals surface area contributed by atoms with Gasteiger partial charge in [-0.15, -0.1) is 0 Å². The standard InChI is InChI=1S/C14H14N2O7/c15-7-1-2-8(9(4-7)13(20)21)11(17)16-5-6(12(18)19)3-10(16)14(22)23/h1-2,4,6,10H,3,5,15H2,(H,18,19)(H,20,21)(H,22,23). The lowest BCUT2D eigenvalue weighted by molar-refractivity contribution is -0.141. The molecule has 2 atom stereocenters. The zero-order valence-corrected chi connectivity index (χ0v) is 11.8. The van der Waals surface area contributed by atoms with Crippen molar-refractivity contribution in [2.24, 2.45) is 5.92 Å². The molecule has 9 heteroatoms. The molecule has 0 aliphatic carbocycles. The summed E-state index contributed by atoms with van der Waals surface area (Å²) in [5.74, 6) is -5.79. The van der Waals surface area contributed by atoms with Crippen molar-refractivity contribution in [1.82, 2.24) is 4.90 Å². The van der Waals surface area contributed by atoms with E-state index in [1.165, 1.54) is 12.1 Å². The number of carbonyl (C=O) groups is 4. The van der Waals surface area contributed by atoms with Crippen molar-refractivity contribution < 1.29 is 34.5 Å². The molecule has 23 heavy (non-hydrogen) atoms. The van der Waals surface area contributed by atoms with Crippen LogP contribution in [0.2, 0.25) is 0 Å². The Morgan fingerprint density at radius 1 is 1.04 bits per heavy atom. The third kappa shape index (κ3) is 3.07. The van der Waals surface area contributed by atoms with E-state index in [2.05, 4.69) is 0 Å². The molecule has 1 amide bonds. The van der Waals surface area contributed by atoms with Gasteiger partial charge in [-0.25, -0.2) is 9.59 Å². The fourth-order valence-corrected chi connectivity index (χ4v) is 2.55. The van der Waals surface area contributed by atoms with Gasteiger partial charge in [0.05, 0.1) is 17.0 Å². The monoisotopic (exact) mass is 322 g/mol. The van der Waals surface area contributed by atoms with Gasteiger partial charge >= 0.3 is 17.9 Å². The minimum atomic E-state index is -1.39. The average molecular weight is 322 g/mol. The Labute approximate surface area is 129 Å². The topological polar surface area (TPSA) is 158 Å². The number of nitrogens with zero attached hydrogens (tertiary/aromatic N) is 1. The summed E-state index contributed by atoms with van der Waals surface area (Å²) in [6, 6.07) is 2.28. The van der Waals surface area contributed by atoms with Crippen LogP contribution in [0.5, 0.6) is 0 Å². The minimum Gasteiger partial charge on any atom is -0.481 e. The Morgan fingerprint density at radius 2 is 1.70 bits per heavy atom. The summed E-state index contributed by atoms with van der Waals surface area (Å²) >= 11 is 0. The smallest absolute Gasteiger partial charge is 0.336 e. The van der Waals surface area contributed by atoms with Gasteiger partial charge in [0.15, 0.2) is 0 Å². The van der Waals surface area contributed by atoms with Crippen molar-refractivity contribution in [2.75, 3.05) is 12.3 Å². The second kappa shape index (κ2) is 5.95. The highest BCUT2D eigenvalue weighted by atomic mass is 16.4. The molecule has 9 nitrogen and oxygen atoms in total. The molecule has 1 heterocycles. The number of likely N-dealkylation sites (tertiary alicyclic amines) is 1. The van der Waals surface area contributed by atoms with Crippen LogP contribution in [-0.2, 0) is 9.59 Å². The summed E-state index contributed by atoms with van der Waals surface area (Å²) in [4.78, 5) is 47.0. The fourth-order valence-electron chi connectivity index (χ4n) is 2.55. The predicted octanol–water partition coefficient (Wildman–Crippen LogP) is -0.0331. The average Bonchev–Trinajstić information content (AvgIpc) is 2.92. The first-order valence-electron chi connectivity index (χ1n) is 6.61. The van der Waals surface area contributed by atoms with Crippen LogP contribution in [0.25, 0.3) is 0 Å². The van der Waals surface area contributed by atoms with Crippen molar-refractivity contribution in [3.8, 4) is 0 Å². The number of hydrogen-bond acceptors (Lipinski definition) is 5. The highest BCUT2D eigenvalue weighted by Crippen LogP contribution is 2.27. The minimum absolute atomic E-state index is 0.138. The molecule has 2 rings (SSSR count). The maximum Gasteiger partial charge on any atom is 0.336 e. The largest absolute Gasteiger partial charge is 0.481 e. The number of anilines is 1. The van der Waals surface area contributed by atoms with Gasteiger partial charge < -0.3 is 26.0 Å². The number of carboxylic acid groups (broad SMARTS) is 3. The predicted molar refractivity (Wildman–Crippen MR) is 76.0 cm³/mol. The molecule has 1 fully saturated rings. The quantitative estimate of drug-likeness (QED) is 0.562. The van der Waals surface area contributed by atoms with Gasteiger partial charge in [-0.2, -0.15) is 0 Å². The van der Waals surface area contributed by atoms with Crippen molar-refractivity contribution in [1.29, 1.82) is 0 Å². The van der Waals surface area contributed by atoms with E-state index in [-0.39, 0.29) is 29.8 Å². The molecule has 122 valence electrons. The van der Waals surface area contributed by atoms with Crippen molar-refractivity contribution in [3.63, 3.8) is 0 Å². The number of aromatic carboxylic acids is 1. The molecule has 0 saturated carbocycles. The normalized spacial score (nSPS) is 20.3. The van der Waals surface area contributed by atoms with Gasteiger partial charge in [-0.3, -0.25) is 9.59 Å². The Hall–Kier alpha value is -3.10. The van der Waals surface area contributed by atoms with Crippen molar-refractivity contribution >= 4 is 29.5 Å². The van der Waals surface area contributed by atoms with E-state index in [0.29, 0.717) is 0 Å². The summed E-state index contributed by atoms with van der Waals surface area (Å²) in [5, 5.41) is 27.4. The van der Waals surface area contributed by atoms with Crippen LogP contribution in [0, 0.1) is 5.92 Å². The van der Waals surface area contributed by atoms with Crippen LogP contribution >= 0.6 is 0 Å². The Morgan fingerprint density at radius 3 is 2.22 bits per heavy atom. The molecule has 0 spiro atoms.